The van der Waals surface area contributed by atoms with Crippen LogP contribution in [0.3, 0.4) is 0 Å². The number of halogens is 3. The van der Waals surface area contributed by atoms with Gasteiger partial charge in [-0.25, -0.2) is 13.2 Å². The van der Waals surface area contributed by atoms with Crippen LogP contribution in [0.15, 0.2) is 42.5 Å². The van der Waals surface area contributed by atoms with Crippen LogP contribution in [0.5, 0.6) is 0 Å². The zero-order chi connectivity index (χ0) is 14.8. The number of hydrogen-bond donors (Lipinski definition) is 1. The molecule has 2 aromatic carbocycles. The van der Waals surface area contributed by atoms with Crippen LogP contribution in [0.1, 0.15) is 18.1 Å². The SMILES string of the molecule is CC(CN)(Cc1ccccc1)c1ccc(F)c(F)c1F. The van der Waals surface area contributed by atoms with Gasteiger partial charge in [-0.05, 0) is 23.6 Å². The van der Waals surface area contributed by atoms with Gasteiger partial charge in [-0.1, -0.05) is 43.3 Å². The van der Waals surface area contributed by atoms with Crippen molar-refractivity contribution in [2.24, 2.45) is 5.73 Å². The highest BCUT2D eigenvalue weighted by Gasteiger charge is 2.30. The van der Waals surface area contributed by atoms with Crippen LogP contribution in [0.25, 0.3) is 0 Å². The van der Waals surface area contributed by atoms with Crippen LogP contribution in [0, 0.1) is 17.5 Å². The van der Waals surface area contributed by atoms with Crippen LogP contribution in [0.2, 0.25) is 0 Å². The summed E-state index contributed by atoms with van der Waals surface area (Å²) in [5, 5.41) is 0. The van der Waals surface area contributed by atoms with E-state index in [-0.39, 0.29) is 12.1 Å². The summed E-state index contributed by atoms with van der Waals surface area (Å²) >= 11 is 0. The summed E-state index contributed by atoms with van der Waals surface area (Å²) in [4.78, 5) is 0. The lowest BCUT2D eigenvalue weighted by atomic mass is 9.77. The zero-order valence-corrected chi connectivity index (χ0v) is 11.2. The molecule has 20 heavy (non-hydrogen) atoms. The first-order valence-electron chi connectivity index (χ1n) is 6.36. The van der Waals surface area contributed by atoms with Gasteiger partial charge in [-0.15, -0.1) is 0 Å². The summed E-state index contributed by atoms with van der Waals surface area (Å²) in [6.45, 7) is 1.87. The molecular formula is C16H16F3N. The number of benzene rings is 2. The fourth-order valence-electron chi connectivity index (χ4n) is 2.32. The van der Waals surface area contributed by atoms with Crippen molar-refractivity contribution >= 4 is 0 Å². The van der Waals surface area contributed by atoms with Crippen molar-refractivity contribution in [1.29, 1.82) is 0 Å². The van der Waals surface area contributed by atoms with Gasteiger partial charge >= 0.3 is 0 Å². The molecule has 1 nitrogen and oxygen atoms in total. The maximum atomic E-state index is 14.0. The third kappa shape index (κ3) is 2.70. The molecule has 0 aromatic heterocycles. The Hall–Kier alpha value is -1.81. The van der Waals surface area contributed by atoms with Crippen LogP contribution < -0.4 is 5.73 Å². The fourth-order valence-corrected chi connectivity index (χ4v) is 2.32. The van der Waals surface area contributed by atoms with Gasteiger partial charge in [0, 0.05) is 12.0 Å². The zero-order valence-electron chi connectivity index (χ0n) is 11.2. The molecule has 1 atom stereocenters. The van der Waals surface area contributed by atoms with E-state index >= 15 is 0 Å². The molecule has 0 bridgehead atoms. The summed E-state index contributed by atoms with van der Waals surface area (Å²) in [5.74, 6) is -3.80. The van der Waals surface area contributed by atoms with Crippen molar-refractivity contribution in [3.63, 3.8) is 0 Å². The summed E-state index contributed by atoms with van der Waals surface area (Å²) < 4.78 is 40.4. The summed E-state index contributed by atoms with van der Waals surface area (Å²) in [7, 11) is 0. The van der Waals surface area contributed by atoms with Gasteiger partial charge < -0.3 is 5.73 Å². The maximum Gasteiger partial charge on any atom is 0.194 e. The van der Waals surface area contributed by atoms with E-state index in [1.807, 2.05) is 30.3 Å². The van der Waals surface area contributed by atoms with Gasteiger partial charge in [0.25, 0.3) is 0 Å². The Morgan fingerprint density at radius 3 is 2.20 bits per heavy atom. The topological polar surface area (TPSA) is 26.0 Å². The molecule has 2 N–H and O–H groups in total. The van der Waals surface area contributed by atoms with Gasteiger partial charge in [-0.2, -0.15) is 0 Å². The highest BCUT2D eigenvalue weighted by atomic mass is 19.2. The Labute approximate surface area is 116 Å². The molecule has 4 heteroatoms. The van der Waals surface area contributed by atoms with Crippen molar-refractivity contribution in [3.05, 3.63) is 71.0 Å². The molecule has 0 saturated heterocycles. The Balaban J connectivity index is 2.43. The third-order valence-electron chi connectivity index (χ3n) is 3.57. The standard InChI is InChI=1S/C16H16F3N/c1-16(10-20,9-11-5-3-2-4-6-11)12-7-8-13(17)15(19)14(12)18/h2-8H,9-10,20H2,1H3. The quantitative estimate of drug-likeness (QED) is 0.851. The Bertz CT molecular complexity index is 598. The molecule has 2 aromatic rings. The first-order chi connectivity index (χ1) is 9.48. The number of rotatable bonds is 4. The highest BCUT2D eigenvalue weighted by molar-refractivity contribution is 5.31. The predicted octanol–water partition coefficient (Wildman–Crippen LogP) is 3.56. The van der Waals surface area contributed by atoms with E-state index in [0.717, 1.165) is 11.6 Å². The van der Waals surface area contributed by atoms with Gasteiger partial charge in [0.05, 0.1) is 0 Å². The van der Waals surface area contributed by atoms with Crippen molar-refractivity contribution in [2.45, 2.75) is 18.8 Å². The summed E-state index contributed by atoms with van der Waals surface area (Å²) in [6, 6.07) is 11.6. The van der Waals surface area contributed by atoms with E-state index in [1.165, 1.54) is 6.07 Å². The Morgan fingerprint density at radius 1 is 0.950 bits per heavy atom. The fraction of sp³-hybridized carbons (Fsp3) is 0.250. The normalized spacial score (nSPS) is 14.1. The second-order valence-electron chi connectivity index (χ2n) is 5.15. The highest BCUT2D eigenvalue weighted by Crippen LogP contribution is 2.31. The molecule has 0 saturated carbocycles. The molecule has 0 radical (unpaired) electrons. The van der Waals surface area contributed by atoms with Crippen LogP contribution in [-0.4, -0.2) is 6.54 Å². The Kier molecular flexibility index (Phi) is 4.14. The molecule has 2 rings (SSSR count). The van der Waals surface area contributed by atoms with Crippen LogP contribution in [0.4, 0.5) is 13.2 Å². The van der Waals surface area contributed by atoms with E-state index in [4.69, 9.17) is 5.73 Å². The number of hydrogen-bond acceptors (Lipinski definition) is 1. The summed E-state index contributed by atoms with van der Waals surface area (Å²) in [5.41, 5.74) is 6.03. The minimum absolute atomic E-state index is 0.0998. The average Bonchev–Trinajstić information content (AvgIpc) is 2.45. The molecule has 0 aliphatic carbocycles. The van der Waals surface area contributed by atoms with Crippen molar-refractivity contribution in [3.8, 4) is 0 Å². The molecule has 0 heterocycles. The first kappa shape index (κ1) is 14.6. The Morgan fingerprint density at radius 2 is 1.60 bits per heavy atom. The van der Waals surface area contributed by atoms with Crippen molar-refractivity contribution in [1.82, 2.24) is 0 Å². The van der Waals surface area contributed by atoms with E-state index in [9.17, 15) is 13.2 Å². The molecule has 0 amide bonds. The van der Waals surface area contributed by atoms with Crippen molar-refractivity contribution in [2.75, 3.05) is 6.54 Å². The van der Waals surface area contributed by atoms with E-state index in [0.29, 0.717) is 6.42 Å². The lowest BCUT2D eigenvalue weighted by Gasteiger charge is -2.29. The molecule has 106 valence electrons. The molecule has 0 spiro atoms. The first-order valence-corrected chi connectivity index (χ1v) is 6.36. The second-order valence-corrected chi connectivity index (χ2v) is 5.15. The van der Waals surface area contributed by atoms with Gasteiger partial charge in [0.2, 0.25) is 0 Å². The molecule has 0 aliphatic rings. The smallest absolute Gasteiger partial charge is 0.194 e. The van der Waals surface area contributed by atoms with Crippen LogP contribution >= 0.6 is 0 Å². The lowest BCUT2D eigenvalue weighted by Crippen LogP contribution is -2.35. The minimum atomic E-state index is -1.45. The number of nitrogens with two attached hydrogens (primary N) is 1. The molecular weight excluding hydrogens is 263 g/mol. The van der Waals surface area contributed by atoms with E-state index < -0.39 is 22.9 Å². The third-order valence-corrected chi connectivity index (χ3v) is 3.57. The van der Waals surface area contributed by atoms with Crippen LogP contribution in [-0.2, 0) is 11.8 Å². The second kappa shape index (κ2) is 5.67. The molecule has 0 aliphatic heterocycles. The molecule has 1 unspecified atom stereocenters. The average molecular weight is 279 g/mol. The predicted molar refractivity (Wildman–Crippen MR) is 72.9 cm³/mol. The largest absolute Gasteiger partial charge is 0.330 e. The van der Waals surface area contributed by atoms with Crippen molar-refractivity contribution < 1.29 is 13.2 Å². The van der Waals surface area contributed by atoms with Gasteiger partial charge in [0.1, 0.15) is 0 Å². The lowest BCUT2D eigenvalue weighted by molar-refractivity contribution is 0.402. The van der Waals surface area contributed by atoms with E-state index in [1.54, 1.807) is 6.92 Å². The monoisotopic (exact) mass is 279 g/mol. The summed E-state index contributed by atoms with van der Waals surface area (Å²) in [6.07, 6.45) is 0.451. The van der Waals surface area contributed by atoms with E-state index in [2.05, 4.69) is 0 Å². The van der Waals surface area contributed by atoms with Gasteiger partial charge in [0.15, 0.2) is 17.5 Å². The van der Waals surface area contributed by atoms with Gasteiger partial charge in [-0.3, -0.25) is 0 Å². The minimum Gasteiger partial charge on any atom is -0.330 e. The molecule has 0 fully saturated rings. The maximum absolute atomic E-state index is 14.0.